The molecule has 0 spiro atoms. The van der Waals surface area contributed by atoms with Crippen LogP contribution in [0.15, 0.2) is 6.33 Å². The molecule has 0 aliphatic carbocycles. The van der Waals surface area contributed by atoms with E-state index in [1.165, 1.54) is 12.7 Å². The van der Waals surface area contributed by atoms with Crippen molar-refractivity contribution in [3.63, 3.8) is 0 Å². The summed E-state index contributed by atoms with van der Waals surface area (Å²) in [5.41, 5.74) is 0. The number of H-pyrrole nitrogens is 1. The normalized spacial score (nSPS) is 23.1. The molecule has 0 aromatic carbocycles. The van der Waals surface area contributed by atoms with E-state index in [9.17, 15) is 4.79 Å². The Kier molecular flexibility index (Phi) is 5.95. The zero-order chi connectivity index (χ0) is 15.9. The Morgan fingerprint density at radius 2 is 2.22 bits per heavy atom. The lowest BCUT2D eigenvalue weighted by atomic mass is 10.1. The standard InChI is InChI=1S/C15H25N5O3/c21-15(11-22-10-13-3-1-2-8-23-13)20-6-4-19(5-7-20)9-14-16-12-17-18-14/h12-13H,1-11H2,(H,16,17,18). The third kappa shape index (κ3) is 4.98. The summed E-state index contributed by atoms with van der Waals surface area (Å²) in [6, 6.07) is 0. The van der Waals surface area contributed by atoms with E-state index >= 15 is 0 Å². The summed E-state index contributed by atoms with van der Waals surface area (Å²) in [6.45, 7) is 5.40. The van der Waals surface area contributed by atoms with Crippen molar-refractivity contribution in [2.45, 2.75) is 31.9 Å². The Balaban J connectivity index is 1.31. The van der Waals surface area contributed by atoms with Crippen LogP contribution >= 0.6 is 0 Å². The van der Waals surface area contributed by atoms with Crippen LogP contribution in [0.3, 0.4) is 0 Å². The first-order valence-electron chi connectivity index (χ1n) is 8.35. The first-order chi connectivity index (χ1) is 11.3. The molecule has 1 aromatic rings. The molecule has 3 heterocycles. The van der Waals surface area contributed by atoms with Gasteiger partial charge in [0.1, 0.15) is 18.8 Å². The van der Waals surface area contributed by atoms with Gasteiger partial charge >= 0.3 is 0 Å². The third-order valence-electron chi connectivity index (χ3n) is 4.37. The minimum Gasteiger partial charge on any atom is -0.376 e. The van der Waals surface area contributed by atoms with Crippen molar-refractivity contribution < 1.29 is 14.3 Å². The van der Waals surface area contributed by atoms with Crippen LogP contribution < -0.4 is 0 Å². The van der Waals surface area contributed by atoms with Gasteiger partial charge in [-0.15, -0.1) is 0 Å². The maximum atomic E-state index is 12.2. The molecule has 0 saturated carbocycles. The van der Waals surface area contributed by atoms with Crippen LogP contribution in [0.5, 0.6) is 0 Å². The summed E-state index contributed by atoms with van der Waals surface area (Å²) in [5, 5.41) is 6.71. The van der Waals surface area contributed by atoms with Crippen molar-refractivity contribution in [1.82, 2.24) is 25.0 Å². The SMILES string of the molecule is O=C(COCC1CCCCO1)N1CCN(Cc2ncn[nH]2)CC1. The van der Waals surface area contributed by atoms with E-state index in [1.807, 2.05) is 4.90 Å². The van der Waals surface area contributed by atoms with Gasteiger partial charge in [-0.25, -0.2) is 4.98 Å². The molecule has 1 N–H and O–H groups in total. The number of aromatic amines is 1. The van der Waals surface area contributed by atoms with Crippen molar-refractivity contribution in [2.24, 2.45) is 0 Å². The van der Waals surface area contributed by atoms with Crippen LogP contribution in [0.4, 0.5) is 0 Å². The lowest BCUT2D eigenvalue weighted by Crippen LogP contribution is -2.49. The van der Waals surface area contributed by atoms with Gasteiger partial charge in [0.25, 0.3) is 0 Å². The van der Waals surface area contributed by atoms with Crippen molar-refractivity contribution in [1.29, 1.82) is 0 Å². The summed E-state index contributed by atoms with van der Waals surface area (Å²) in [5.74, 6) is 0.931. The Labute approximate surface area is 136 Å². The van der Waals surface area contributed by atoms with Gasteiger partial charge < -0.3 is 14.4 Å². The van der Waals surface area contributed by atoms with E-state index in [4.69, 9.17) is 9.47 Å². The first kappa shape index (κ1) is 16.4. The molecule has 1 amide bonds. The minimum absolute atomic E-state index is 0.0696. The number of nitrogens with zero attached hydrogens (tertiary/aromatic N) is 4. The average molecular weight is 323 g/mol. The highest BCUT2D eigenvalue weighted by atomic mass is 16.5. The molecule has 2 fully saturated rings. The number of ether oxygens (including phenoxy) is 2. The van der Waals surface area contributed by atoms with E-state index in [1.54, 1.807) is 0 Å². The largest absolute Gasteiger partial charge is 0.376 e. The molecule has 23 heavy (non-hydrogen) atoms. The summed E-state index contributed by atoms with van der Waals surface area (Å²) >= 11 is 0. The van der Waals surface area contributed by atoms with E-state index in [0.717, 1.165) is 58.0 Å². The number of amides is 1. The van der Waals surface area contributed by atoms with Crippen LogP contribution in [0, 0.1) is 0 Å². The highest BCUT2D eigenvalue weighted by Gasteiger charge is 2.22. The van der Waals surface area contributed by atoms with Gasteiger partial charge in [0.15, 0.2) is 0 Å². The maximum Gasteiger partial charge on any atom is 0.248 e. The highest BCUT2D eigenvalue weighted by molar-refractivity contribution is 5.77. The lowest BCUT2D eigenvalue weighted by molar-refractivity contribution is -0.140. The molecule has 0 bridgehead atoms. The van der Waals surface area contributed by atoms with E-state index in [0.29, 0.717) is 6.61 Å². The fraction of sp³-hybridized carbons (Fsp3) is 0.800. The smallest absolute Gasteiger partial charge is 0.248 e. The molecule has 2 aliphatic heterocycles. The Morgan fingerprint density at radius 1 is 1.35 bits per heavy atom. The second-order valence-corrected chi connectivity index (χ2v) is 6.09. The highest BCUT2D eigenvalue weighted by Crippen LogP contribution is 2.13. The van der Waals surface area contributed by atoms with Crippen molar-refractivity contribution in [2.75, 3.05) is 46.0 Å². The maximum absolute atomic E-state index is 12.2. The molecule has 2 saturated heterocycles. The molecule has 8 nitrogen and oxygen atoms in total. The number of rotatable bonds is 6. The molecular formula is C15H25N5O3. The van der Waals surface area contributed by atoms with Gasteiger partial charge in [-0.2, -0.15) is 5.10 Å². The molecule has 8 heteroatoms. The van der Waals surface area contributed by atoms with Crippen molar-refractivity contribution in [3.8, 4) is 0 Å². The fourth-order valence-corrected chi connectivity index (χ4v) is 2.98. The Hall–Kier alpha value is -1.51. The second-order valence-electron chi connectivity index (χ2n) is 6.09. The Bertz CT molecular complexity index is 467. The number of nitrogens with one attached hydrogen (secondary N) is 1. The van der Waals surface area contributed by atoms with Crippen molar-refractivity contribution >= 4 is 5.91 Å². The number of hydrogen-bond acceptors (Lipinski definition) is 6. The number of aromatic nitrogens is 3. The van der Waals surface area contributed by atoms with E-state index in [-0.39, 0.29) is 18.6 Å². The van der Waals surface area contributed by atoms with Gasteiger partial charge in [0.05, 0.1) is 19.3 Å². The predicted octanol–water partition coefficient (Wildman–Crippen LogP) is 0.0346. The van der Waals surface area contributed by atoms with Crippen molar-refractivity contribution in [3.05, 3.63) is 12.2 Å². The van der Waals surface area contributed by atoms with E-state index < -0.39 is 0 Å². The molecule has 2 aliphatic rings. The molecule has 1 aromatic heterocycles. The Morgan fingerprint density at radius 3 is 2.91 bits per heavy atom. The van der Waals surface area contributed by atoms with Gasteiger partial charge in [0, 0.05) is 32.8 Å². The van der Waals surface area contributed by atoms with Crippen LogP contribution in [-0.4, -0.2) is 83.0 Å². The number of hydrogen-bond donors (Lipinski definition) is 1. The number of piperazine rings is 1. The summed E-state index contributed by atoms with van der Waals surface area (Å²) in [7, 11) is 0. The molecular weight excluding hydrogens is 298 g/mol. The van der Waals surface area contributed by atoms with Crippen LogP contribution in [0.25, 0.3) is 0 Å². The summed E-state index contributed by atoms with van der Waals surface area (Å²) in [6.07, 6.45) is 5.04. The zero-order valence-corrected chi connectivity index (χ0v) is 13.4. The molecule has 1 unspecified atom stereocenters. The van der Waals surface area contributed by atoms with Crippen LogP contribution in [0.1, 0.15) is 25.1 Å². The topological polar surface area (TPSA) is 83.6 Å². The second kappa shape index (κ2) is 8.37. The fourth-order valence-electron chi connectivity index (χ4n) is 2.98. The summed E-state index contributed by atoms with van der Waals surface area (Å²) in [4.78, 5) is 20.4. The predicted molar refractivity (Wildman–Crippen MR) is 82.6 cm³/mol. The van der Waals surface area contributed by atoms with Crippen LogP contribution in [0.2, 0.25) is 0 Å². The number of carbonyl (C=O) groups is 1. The quantitative estimate of drug-likeness (QED) is 0.795. The monoisotopic (exact) mass is 323 g/mol. The molecule has 128 valence electrons. The number of carbonyl (C=O) groups excluding carboxylic acids is 1. The molecule has 3 rings (SSSR count). The van der Waals surface area contributed by atoms with Gasteiger partial charge in [0.2, 0.25) is 5.91 Å². The van der Waals surface area contributed by atoms with Gasteiger partial charge in [-0.3, -0.25) is 14.8 Å². The van der Waals surface area contributed by atoms with Crippen LogP contribution in [-0.2, 0) is 20.8 Å². The van der Waals surface area contributed by atoms with Gasteiger partial charge in [-0.05, 0) is 19.3 Å². The molecule has 1 atom stereocenters. The summed E-state index contributed by atoms with van der Waals surface area (Å²) < 4.78 is 11.1. The zero-order valence-electron chi connectivity index (χ0n) is 13.4. The lowest BCUT2D eigenvalue weighted by Gasteiger charge is -2.34. The third-order valence-corrected chi connectivity index (χ3v) is 4.37. The average Bonchev–Trinajstić information content (AvgIpc) is 3.09. The first-order valence-corrected chi connectivity index (χ1v) is 8.35. The minimum atomic E-state index is 0.0696. The van der Waals surface area contributed by atoms with E-state index in [2.05, 4.69) is 20.1 Å². The molecule has 0 radical (unpaired) electrons. The van der Waals surface area contributed by atoms with Gasteiger partial charge in [-0.1, -0.05) is 0 Å².